The van der Waals surface area contributed by atoms with Crippen LogP contribution >= 0.6 is 11.6 Å². The number of hydrogen-bond donors (Lipinski definition) is 0. The number of halogens is 1. The molecule has 2 aromatic carbocycles. The van der Waals surface area contributed by atoms with Crippen molar-refractivity contribution in [3.05, 3.63) is 72.0 Å². The number of benzene rings is 2. The van der Waals surface area contributed by atoms with Crippen molar-refractivity contribution in [1.29, 1.82) is 0 Å². The lowest BCUT2D eigenvalue weighted by Gasteiger charge is -2.36. The Bertz CT molecular complexity index is 1170. The van der Waals surface area contributed by atoms with E-state index in [4.69, 9.17) is 21.4 Å². The fourth-order valence-electron chi connectivity index (χ4n) is 3.90. The number of nitrogens with zero attached hydrogens (tertiary/aromatic N) is 5. The zero-order chi connectivity index (χ0) is 20.5. The van der Waals surface area contributed by atoms with Crippen molar-refractivity contribution in [2.24, 2.45) is 0 Å². The van der Waals surface area contributed by atoms with Crippen LogP contribution in [-0.2, 0) is 0 Å². The van der Waals surface area contributed by atoms with Crippen LogP contribution in [0.3, 0.4) is 0 Å². The predicted octanol–water partition coefficient (Wildman–Crippen LogP) is 4.38. The molecule has 5 rings (SSSR count). The molecule has 4 aromatic rings. The molecule has 6 nitrogen and oxygen atoms in total. The van der Waals surface area contributed by atoms with Crippen LogP contribution in [0.5, 0.6) is 5.75 Å². The van der Waals surface area contributed by atoms with Crippen LogP contribution in [0.25, 0.3) is 16.8 Å². The van der Waals surface area contributed by atoms with Gasteiger partial charge in [-0.05, 0) is 48.5 Å². The summed E-state index contributed by atoms with van der Waals surface area (Å²) in [5.41, 5.74) is 4.15. The second-order valence-electron chi connectivity index (χ2n) is 7.29. The van der Waals surface area contributed by atoms with Crippen molar-refractivity contribution in [3.8, 4) is 17.0 Å². The van der Waals surface area contributed by atoms with Gasteiger partial charge in [0.05, 0.1) is 12.8 Å². The Morgan fingerprint density at radius 2 is 1.70 bits per heavy atom. The van der Waals surface area contributed by atoms with Crippen LogP contribution < -0.4 is 14.5 Å². The van der Waals surface area contributed by atoms with Gasteiger partial charge in [-0.15, -0.1) is 0 Å². The SMILES string of the molecule is COc1ccc(-c2cc3c(N4CCN(c5cccc(Cl)c5)CC4)nccn3n2)cc1. The molecule has 3 heterocycles. The van der Waals surface area contributed by atoms with Crippen LogP contribution in [0, 0.1) is 0 Å². The molecule has 1 fully saturated rings. The molecule has 30 heavy (non-hydrogen) atoms. The van der Waals surface area contributed by atoms with E-state index < -0.39 is 0 Å². The lowest BCUT2D eigenvalue weighted by atomic mass is 10.1. The first-order valence-electron chi connectivity index (χ1n) is 9.95. The third-order valence-corrected chi connectivity index (χ3v) is 5.74. The van der Waals surface area contributed by atoms with Gasteiger partial charge in [-0.3, -0.25) is 0 Å². The summed E-state index contributed by atoms with van der Waals surface area (Å²) >= 11 is 6.16. The predicted molar refractivity (Wildman–Crippen MR) is 121 cm³/mol. The molecule has 0 spiro atoms. The van der Waals surface area contributed by atoms with Crippen molar-refractivity contribution in [1.82, 2.24) is 14.6 Å². The first-order chi connectivity index (χ1) is 14.7. The molecule has 1 aliphatic heterocycles. The van der Waals surface area contributed by atoms with Crippen molar-refractivity contribution in [2.45, 2.75) is 0 Å². The number of rotatable bonds is 4. The molecule has 0 bridgehead atoms. The number of methoxy groups -OCH3 is 1. The Kier molecular flexibility index (Phi) is 4.93. The van der Waals surface area contributed by atoms with Gasteiger partial charge in [-0.25, -0.2) is 9.50 Å². The van der Waals surface area contributed by atoms with E-state index in [1.54, 1.807) is 7.11 Å². The summed E-state index contributed by atoms with van der Waals surface area (Å²) < 4.78 is 7.16. The number of hydrogen-bond acceptors (Lipinski definition) is 5. The molecule has 0 radical (unpaired) electrons. The topological polar surface area (TPSA) is 45.9 Å². The summed E-state index contributed by atoms with van der Waals surface area (Å²) in [6, 6.07) is 18.1. The molecular formula is C23H22ClN5O. The Balaban J connectivity index is 1.39. The van der Waals surface area contributed by atoms with E-state index in [1.807, 2.05) is 59.4 Å². The van der Waals surface area contributed by atoms with E-state index in [0.717, 1.165) is 59.5 Å². The van der Waals surface area contributed by atoms with Crippen LogP contribution in [0.1, 0.15) is 0 Å². The lowest BCUT2D eigenvalue weighted by molar-refractivity contribution is 0.415. The molecule has 0 aliphatic carbocycles. The average Bonchev–Trinajstić information content (AvgIpc) is 3.24. The lowest BCUT2D eigenvalue weighted by Crippen LogP contribution is -2.47. The van der Waals surface area contributed by atoms with Crippen LogP contribution in [0.15, 0.2) is 67.0 Å². The van der Waals surface area contributed by atoms with Gasteiger partial charge in [0.25, 0.3) is 0 Å². The minimum absolute atomic E-state index is 0.770. The largest absolute Gasteiger partial charge is 0.497 e. The van der Waals surface area contributed by atoms with Gasteiger partial charge in [0.2, 0.25) is 0 Å². The Labute approximate surface area is 180 Å². The molecule has 0 saturated carbocycles. The minimum Gasteiger partial charge on any atom is -0.497 e. The summed E-state index contributed by atoms with van der Waals surface area (Å²) in [4.78, 5) is 9.37. The van der Waals surface area contributed by atoms with Gasteiger partial charge in [0.15, 0.2) is 5.82 Å². The second-order valence-corrected chi connectivity index (χ2v) is 7.73. The number of piperazine rings is 1. The number of ether oxygens (including phenoxy) is 1. The maximum Gasteiger partial charge on any atom is 0.154 e. The molecule has 2 aromatic heterocycles. The third-order valence-electron chi connectivity index (χ3n) is 5.51. The van der Waals surface area contributed by atoms with Gasteiger partial charge in [-0.2, -0.15) is 5.10 Å². The fraction of sp³-hybridized carbons (Fsp3) is 0.217. The Morgan fingerprint density at radius 3 is 2.43 bits per heavy atom. The maximum absolute atomic E-state index is 6.16. The summed E-state index contributed by atoms with van der Waals surface area (Å²) in [6.07, 6.45) is 3.71. The molecule has 0 unspecified atom stereocenters. The van der Waals surface area contributed by atoms with Gasteiger partial charge in [-0.1, -0.05) is 17.7 Å². The molecule has 7 heteroatoms. The average molecular weight is 420 g/mol. The van der Waals surface area contributed by atoms with E-state index >= 15 is 0 Å². The van der Waals surface area contributed by atoms with E-state index in [1.165, 1.54) is 5.69 Å². The number of aromatic nitrogens is 3. The quantitative estimate of drug-likeness (QED) is 0.491. The summed E-state index contributed by atoms with van der Waals surface area (Å²) in [5.74, 6) is 1.80. The fourth-order valence-corrected chi connectivity index (χ4v) is 4.09. The van der Waals surface area contributed by atoms with Gasteiger partial charge >= 0.3 is 0 Å². The van der Waals surface area contributed by atoms with Crippen LogP contribution in [0.2, 0.25) is 5.02 Å². The maximum atomic E-state index is 6.16. The van der Waals surface area contributed by atoms with Crippen LogP contribution in [0.4, 0.5) is 11.5 Å². The highest BCUT2D eigenvalue weighted by atomic mass is 35.5. The first kappa shape index (κ1) is 18.8. The number of fused-ring (bicyclic) bond motifs is 1. The van der Waals surface area contributed by atoms with E-state index in [-0.39, 0.29) is 0 Å². The number of anilines is 2. The Morgan fingerprint density at radius 1 is 0.933 bits per heavy atom. The molecule has 152 valence electrons. The zero-order valence-electron chi connectivity index (χ0n) is 16.7. The third kappa shape index (κ3) is 3.55. The Hall–Kier alpha value is -3.25. The van der Waals surface area contributed by atoms with Gasteiger partial charge in [0, 0.05) is 54.8 Å². The van der Waals surface area contributed by atoms with Crippen LogP contribution in [-0.4, -0.2) is 47.9 Å². The van der Waals surface area contributed by atoms with Crippen molar-refractivity contribution >= 4 is 28.6 Å². The first-order valence-corrected chi connectivity index (χ1v) is 10.3. The van der Waals surface area contributed by atoms with E-state index in [9.17, 15) is 0 Å². The highest BCUT2D eigenvalue weighted by Crippen LogP contribution is 2.28. The minimum atomic E-state index is 0.770. The standard InChI is InChI=1S/C23H22ClN5O/c1-30-20-7-5-17(6-8-20)21-16-22-23(25-9-10-29(22)26-21)28-13-11-27(12-14-28)19-4-2-3-18(24)15-19/h2-10,15-16H,11-14H2,1H3. The molecule has 1 saturated heterocycles. The summed E-state index contributed by atoms with van der Waals surface area (Å²) in [6.45, 7) is 3.62. The molecular weight excluding hydrogens is 398 g/mol. The molecule has 0 amide bonds. The summed E-state index contributed by atoms with van der Waals surface area (Å²) in [5, 5.41) is 5.52. The molecule has 0 atom stereocenters. The smallest absolute Gasteiger partial charge is 0.154 e. The van der Waals surface area contributed by atoms with Gasteiger partial charge < -0.3 is 14.5 Å². The monoisotopic (exact) mass is 419 g/mol. The highest BCUT2D eigenvalue weighted by Gasteiger charge is 2.21. The van der Waals surface area contributed by atoms with E-state index in [2.05, 4.69) is 26.9 Å². The van der Waals surface area contributed by atoms with Crippen molar-refractivity contribution in [3.63, 3.8) is 0 Å². The second kappa shape index (κ2) is 7.88. The van der Waals surface area contributed by atoms with E-state index in [0.29, 0.717) is 0 Å². The molecule has 1 aliphatic rings. The molecule has 0 N–H and O–H groups in total. The zero-order valence-corrected chi connectivity index (χ0v) is 17.5. The highest BCUT2D eigenvalue weighted by molar-refractivity contribution is 6.30. The normalized spacial score (nSPS) is 14.3. The van der Waals surface area contributed by atoms with Crippen molar-refractivity contribution < 1.29 is 4.74 Å². The summed E-state index contributed by atoms with van der Waals surface area (Å²) in [7, 11) is 1.67. The van der Waals surface area contributed by atoms with Crippen molar-refractivity contribution in [2.75, 3.05) is 43.1 Å². The van der Waals surface area contributed by atoms with Gasteiger partial charge in [0.1, 0.15) is 11.3 Å².